The second-order valence-corrected chi connectivity index (χ2v) is 4.15. The van der Waals surface area contributed by atoms with Gasteiger partial charge < -0.3 is 11.1 Å². The van der Waals surface area contributed by atoms with Crippen LogP contribution in [0.15, 0.2) is 35.8 Å². The molecule has 16 heavy (non-hydrogen) atoms. The van der Waals surface area contributed by atoms with Gasteiger partial charge in [0.05, 0.1) is 0 Å². The van der Waals surface area contributed by atoms with Gasteiger partial charge in [-0.25, -0.2) is 4.98 Å². The van der Waals surface area contributed by atoms with Crippen LogP contribution in [0.4, 0.5) is 5.13 Å². The fraction of sp³-hybridized carbons (Fsp3) is 0.0909. The van der Waals surface area contributed by atoms with Gasteiger partial charge in [0.2, 0.25) is 5.91 Å². The topological polar surface area (TPSA) is 68.0 Å². The maximum Gasteiger partial charge on any atom is 0.248 e. The van der Waals surface area contributed by atoms with Gasteiger partial charge in [-0.05, 0) is 17.7 Å². The minimum Gasteiger partial charge on any atom is -0.366 e. The van der Waals surface area contributed by atoms with Crippen molar-refractivity contribution in [1.82, 2.24) is 4.98 Å². The van der Waals surface area contributed by atoms with Crippen molar-refractivity contribution in [2.75, 3.05) is 5.32 Å². The number of aromatic nitrogens is 1. The van der Waals surface area contributed by atoms with Gasteiger partial charge in [0.15, 0.2) is 5.13 Å². The minimum atomic E-state index is -0.403. The molecule has 3 N–H and O–H groups in total. The zero-order valence-electron chi connectivity index (χ0n) is 8.51. The number of hydrogen-bond acceptors (Lipinski definition) is 4. The van der Waals surface area contributed by atoms with E-state index in [1.54, 1.807) is 29.7 Å². The normalized spacial score (nSPS) is 10.0. The lowest BCUT2D eigenvalue weighted by atomic mass is 10.1. The molecule has 0 unspecified atom stereocenters. The van der Waals surface area contributed by atoms with E-state index in [1.807, 2.05) is 17.5 Å². The molecule has 4 nitrogen and oxygen atoms in total. The van der Waals surface area contributed by atoms with E-state index in [1.165, 1.54) is 0 Å². The van der Waals surface area contributed by atoms with Crippen LogP contribution >= 0.6 is 11.3 Å². The molecule has 0 radical (unpaired) electrons. The van der Waals surface area contributed by atoms with Crippen molar-refractivity contribution in [2.24, 2.45) is 5.73 Å². The summed E-state index contributed by atoms with van der Waals surface area (Å²) >= 11 is 1.55. The van der Waals surface area contributed by atoms with E-state index in [-0.39, 0.29) is 0 Å². The smallest absolute Gasteiger partial charge is 0.248 e. The fourth-order valence-electron chi connectivity index (χ4n) is 1.28. The van der Waals surface area contributed by atoms with E-state index in [2.05, 4.69) is 10.3 Å². The first-order chi connectivity index (χ1) is 7.75. The summed E-state index contributed by atoms with van der Waals surface area (Å²) in [6.07, 6.45) is 1.75. The molecular weight excluding hydrogens is 222 g/mol. The Labute approximate surface area is 97.1 Å². The van der Waals surface area contributed by atoms with E-state index in [9.17, 15) is 4.79 Å². The first-order valence-electron chi connectivity index (χ1n) is 4.78. The number of primary amides is 1. The maximum atomic E-state index is 10.9. The number of rotatable bonds is 4. The average molecular weight is 233 g/mol. The van der Waals surface area contributed by atoms with E-state index < -0.39 is 5.91 Å². The van der Waals surface area contributed by atoms with Gasteiger partial charge in [-0.1, -0.05) is 12.1 Å². The van der Waals surface area contributed by atoms with Crippen LogP contribution < -0.4 is 11.1 Å². The molecule has 0 atom stereocenters. The van der Waals surface area contributed by atoms with Crippen LogP contribution in [0.1, 0.15) is 15.9 Å². The molecule has 1 aromatic heterocycles. The van der Waals surface area contributed by atoms with Crippen LogP contribution in [0.3, 0.4) is 0 Å². The Morgan fingerprint density at radius 2 is 2.12 bits per heavy atom. The van der Waals surface area contributed by atoms with Crippen LogP contribution in [-0.4, -0.2) is 10.9 Å². The minimum absolute atomic E-state index is 0.403. The number of carbonyl (C=O) groups excluding carboxylic acids is 1. The van der Waals surface area contributed by atoms with Crippen molar-refractivity contribution in [2.45, 2.75) is 6.54 Å². The third-order valence-corrected chi connectivity index (χ3v) is 2.85. The van der Waals surface area contributed by atoms with E-state index in [4.69, 9.17) is 5.73 Å². The summed E-state index contributed by atoms with van der Waals surface area (Å²) in [5.74, 6) is -0.403. The molecule has 5 heteroatoms. The van der Waals surface area contributed by atoms with Gasteiger partial charge in [0, 0.05) is 23.7 Å². The fourth-order valence-corrected chi connectivity index (χ4v) is 1.80. The molecule has 0 saturated carbocycles. The highest BCUT2D eigenvalue weighted by atomic mass is 32.1. The standard InChI is InChI=1S/C11H11N3OS/c12-10(15)9-3-1-8(2-4-9)7-14-11-13-5-6-16-11/h1-6H,7H2,(H2,12,15)(H,13,14). The van der Waals surface area contributed by atoms with Gasteiger partial charge in [-0.3, -0.25) is 4.79 Å². The molecule has 0 aliphatic rings. The molecule has 1 amide bonds. The second kappa shape index (κ2) is 4.76. The number of nitrogens with one attached hydrogen (secondary N) is 1. The molecule has 0 fully saturated rings. The number of benzene rings is 1. The summed E-state index contributed by atoms with van der Waals surface area (Å²) in [7, 11) is 0. The van der Waals surface area contributed by atoms with Gasteiger partial charge in [-0.15, -0.1) is 11.3 Å². The highest BCUT2D eigenvalue weighted by Gasteiger charge is 2.00. The van der Waals surface area contributed by atoms with Gasteiger partial charge >= 0.3 is 0 Å². The van der Waals surface area contributed by atoms with Crippen molar-refractivity contribution < 1.29 is 4.79 Å². The van der Waals surface area contributed by atoms with Crippen molar-refractivity contribution in [3.8, 4) is 0 Å². The Morgan fingerprint density at radius 3 is 2.69 bits per heavy atom. The molecule has 0 spiro atoms. The van der Waals surface area contributed by atoms with Crippen LogP contribution in [-0.2, 0) is 6.54 Å². The number of nitrogens with zero attached hydrogens (tertiary/aromatic N) is 1. The number of thiazole rings is 1. The van der Waals surface area contributed by atoms with Crippen molar-refractivity contribution >= 4 is 22.4 Å². The zero-order valence-corrected chi connectivity index (χ0v) is 9.33. The van der Waals surface area contributed by atoms with E-state index in [0.717, 1.165) is 10.7 Å². The molecule has 0 aliphatic carbocycles. The lowest BCUT2D eigenvalue weighted by Gasteiger charge is -2.03. The summed E-state index contributed by atoms with van der Waals surface area (Å²) in [5, 5.41) is 5.98. The number of hydrogen-bond donors (Lipinski definition) is 2. The van der Waals surface area contributed by atoms with Crippen LogP contribution in [0.2, 0.25) is 0 Å². The largest absolute Gasteiger partial charge is 0.366 e. The van der Waals surface area contributed by atoms with Crippen molar-refractivity contribution in [3.63, 3.8) is 0 Å². The Morgan fingerprint density at radius 1 is 1.38 bits per heavy atom. The molecule has 2 rings (SSSR count). The van der Waals surface area contributed by atoms with Crippen LogP contribution in [0.25, 0.3) is 0 Å². The van der Waals surface area contributed by atoms with Crippen molar-refractivity contribution in [1.29, 1.82) is 0 Å². The van der Waals surface area contributed by atoms with Crippen LogP contribution in [0.5, 0.6) is 0 Å². The molecule has 1 heterocycles. The van der Waals surface area contributed by atoms with Gasteiger partial charge in [0.1, 0.15) is 0 Å². The summed E-state index contributed by atoms with van der Waals surface area (Å²) in [4.78, 5) is 15.0. The lowest BCUT2D eigenvalue weighted by Crippen LogP contribution is -2.10. The van der Waals surface area contributed by atoms with E-state index in [0.29, 0.717) is 12.1 Å². The quantitative estimate of drug-likeness (QED) is 0.846. The Bertz CT molecular complexity index is 464. The highest BCUT2D eigenvalue weighted by Crippen LogP contribution is 2.12. The first-order valence-corrected chi connectivity index (χ1v) is 5.66. The summed E-state index contributed by atoms with van der Waals surface area (Å²) in [6.45, 7) is 0.687. The molecule has 0 saturated heterocycles. The summed E-state index contributed by atoms with van der Waals surface area (Å²) in [5.41, 5.74) is 6.76. The summed E-state index contributed by atoms with van der Waals surface area (Å²) in [6, 6.07) is 7.20. The Balaban J connectivity index is 1.98. The van der Waals surface area contributed by atoms with Crippen molar-refractivity contribution in [3.05, 3.63) is 47.0 Å². The zero-order chi connectivity index (χ0) is 11.4. The molecule has 1 aromatic carbocycles. The number of amides is 1. The molecule has 0 aliphatic heterocycles. The predicted octanol–water partition coefficient (Wildman–Crippen LogP) is 1.85. The average Bonchev–Trinajstić information content (AvgIpc) is 2.80. The molecule has 2 aromatic rings. The monoisotopic (exact) mass is 233 g/mol. The van der Waals surface area contributed by atoms with E-state index >= 15 is 0 Å². The second-order valence-electron chi connectivity index (χ2n) is 3.25. The molecular formula is C11H11N3OS. The molecule has 0 bridgehead atoms. The number of nitrogens with two attached hydrogens (primary N) is 1. The Hall–Kier alpha value is -1.88. The predicted molar refractivity (Wildman–Crippen MR) is 64.4 cm³/mol. The first kappa shape index (κ1) is 10.6. The third-order valence-electron chi connectivity index (χ3n) is 2.11. The number of anilines is 1. The van der Waals surface area contributed by atoms with Gasteiger partial charge in [0.25, 0.3) is 0 Å². The highest BCUT2D eigenvalue weighted by molar-refractivity contribution is 7.13. The lowest BCUT2D eigenvalue weighted by molar-refractivity contribution is 0.100. The number of carbonyl (C=O) groups is 1. The maximum absolute atomic E-state index is 10.9. The molecule has 82 valence electrons. The third kappa shape index (κ3) is 2.58. The summed E-state index contributed by atoms with van der Waals surface area (Å²) < 4.78 is 0. The van der Waals surface area contributed by atoms with Gasteiger partial charge in [-0.2, -0.15) is 0 Å². The SMILES string of the molecule is NC(=O)c1ccc(CNc2nccs2)cc1. The van der Waals surface area contributed by atoms with Crippen LogP contribution in [0, 0.1) is 0 Å². The Kier molecular flexibility index (Phi) is 3.16.